The Morgan fingerprint density at radius 1 is 1.43 bits per heavy atom. The maximum Gasteiger partial charge on any atom is 0.337 e. The molecule has 1 saturated carbocycles. The van der Waals surface area contributed by atoms with Crippen LogP contribution in [0.5, 0.6) is 0 Å². The van der Waals surface area contributed by atoms with Crippen LogP contribution in [0.25, 0.3) is 11.0 Å². The van der Waals surface area contributed by atoms with E-state index in [9.17, 15) is 15.0 Å². The van der Waals surface area contributed by atoms with Crippen molar-refractivity contribution < 1.29 is 15.0 Å². The Kier molecular flexibility index (Phi) is 3.45. The molecule has 3 rings (SSSR count). The molecule has 0 aliphatic heterocycles. The Bertz CT molecular complexity index is 686. The third kappa shape index (κ3) is 2.53. The highest BCUT2D eigenvalue weighted by molar-refractivity contribution is 6.01. The molecule has 1 heterocycles. The van der Waals surface area contributed by atoms with Gasteiger partial charge in [-0.2, -0.15) is 0 Å². The second kappa shape index (κ2) is 5.15. The lowest BCUT2D eigenvalue weighted by Crippen LogP contribution is -2.15. The minimum atomic E-state index is -0.937. The molecule has 2 aromatic rings. The van der Waals surface area contributed by atoms with Crippen molar-refractivity contribution in [3.8, 4) is 0 Å². The summed E-state index contributed by atoms with van der Waals surface area (Å²) in [6.45, 7) is 3.77. The lowest BCUT2D eigenvalue weighted by Gasteiger charge is -2.19. The number of benzene rings is 1. The molecule has 1 aliphatic carbocycles. The van der Waals surface area contributed by atoms with E-state index < -0.39 is 12.1 Å². The highest BCUT2D eigenvalue weighted by atomic mass is 16.4. The van der Waals surface area contributed by atoms with Crippen LogP contribution >= 0.6 is 0 Å². The van der Waals surface area contributed by atoms with Crippen LogP contribution in [-0.2, 0) is 0 Å². The summed E-state index contributed by atoms with van der Waals surface area (Å²) in [4.78, 5) is 16.2. The van der Waals surface area contributed by atoms with Crippen molar-refractivity contribution in [2.75, 3.05) is 0 Å². The minimum Gasteiger partial charge on any atom is -0.478 e. The maximum atomic E-state index is 11.5. The summed E-state index contributed by atoms with van der Waals surface area (Å²) in [6, 6.07) is 5.23. The predicted octanol–water partition coefficient (Wildman–Crippen LogP) is 2.94. The van der Waals surface area contributed by atoms with Crippen molar-refractivity contribution in [1.29, 1.82) is 0 Å². The van der Waals surface area contributed by atoms with Crippen molar-refractivity contribution in [3.63, 3.8) is 0 Å². The Morgan fingerprint density at radius 2 is 2.14 bits per heavy atom. The molecule has 112 valence electrons. The first kappa shape index (κ1) is 14.1. The van der Waals surface area contributed by atoms with Crippen LogP contribution in [0.1, 0.15) is 61.3 Å². The normalized spacial score (nSPS) is 17.9. The summed E-state index contributed by atoms with van der Waals surface area (Å²) in [5.74, 6) is 0.454. The number of imidazole rings is 1. The van der Waals surface area contributed by atoms with E-state index in [0.29, 0.717) is 17.9 Å². The fraction of sp³-hybridized carbons (Fsp3) is 0.500. The van der Waals surface area contributed by atoms with Crippen LogP contribution in [0.3, 0.4) is 0 Å². The lowest BCUT2D eigenvalue weighted by molar-refractivity contribution is 0.0698. The van der Waals surface area contributed by atoms with Gasteiger partial charge in [-0.05, 0) is 45.2 Å². The quantitative estimate of drug-likeness (QED) is 0.887. The second-order valence-electron chi connectivity index (χ2n) is 6.03. The fourth-order valence-electron chi connectivity index (χ4n) is 3.01. The monoisotopic (exact) mass is 288 g/mol. The number of aromatic nitrogens is 2. The van der Waals surface area contributed by atoms with E-state index in [2.05, 4.69) is 4.98 Å². The minimum absolute atomic E-state index is 0.0195. The summed E-state index contributed by atoms with van der Waals surface area (Å²) in [7, 11) is 0. The first-order chi connectivity index (χ1) is 9.99. The highest BCUT2D eigenvalue weighted by Gasteiger charge is 2.32. The summed E-state index contributed by atoms with van der Waals surface area (Å²) in [5.41, 5.74) is 1.69. The number of carboxylic acid groups (broad SMARTS) is 1. The number of rotatable bonds is 5. The number of hydrogen-bond donors (Lipinski definition) is 2. The number of nitrogens with zero attached hydrogens (tertiary/aromatic N) is 2. The van der Waals surface area contributed by atoms with Gasteiger partial charge in [0, 0.05) is 12.0 Å². The number of carboxylic acids is 1. The van der Waals surface area contributed by atoms with E-state index in [1.165, 1.54) is 0 Å². The van der Waals surface area contributed by atoms with E-state index in [1.807, 2.05) is 17.6 Å². The molecule has 5 nitrogen and oxygen atoms in total. The van der Waals surface area contributed by atoms with Gasteiger partial charge >= 0.3 is 5.97 Å². The van der Waals surface area contributed by atoms with E-state index in [1.54, 1.807) is 19.1 Å². The SMILES string of the molecule is CC(O)CC(C)n1c(C2CC2)nc2cccc(C(=O)O)c21. The van der Waals surface area contributed by atoms with Crippen LogP contribution in [0.15, 0.2) is 18.2 Å². The van der Waals surface area contributed by atoms with Gasteiger partial charge in [-0.25, -0.2) is 9.78 Å². The standard InChI is InChI=1S/C16H20N2O3/c1-9(8-10(2)19)18-14-12(16(20)21)4-3-5-13(14)17-15(18)11-6-7-11/h3-5,9-11,19H,6-8H2,1-2H3,(H,20,21). The lowest BCUT2D eigenvalue weighted by atomic mass is 10.1. The van der Waals surface area contributed by atoms with Gasteiger partial charge in [-0.3, -0.25) is 0 Å². The van der Waals surface area contributed by atoms with Gasteiger partial charge in [0.15, 0.2) is 0 Å². The summed E-state index contributed by atoms with van der Waals surface area (Å²) < 4.78 is 2.03. The molecule has 2 atom stereocenters. The number of aliphatic hydroxyl groups excluding tert-OH is 1. The molecular weight excluding hydrogens is 268 g/mol. The highest BCUT2D eigenvalue weighted by Crippen LogP contribution is 2.42. The Morgan fingerprint density at radius 3 is 2.71 bits per heavy atom. The molecule has 2 N–H and O–H groups in total. The first-order valence-electron chi connectivity index (χ1n) is 7.41. The van der Waals surface area contributed by atoms with Gasteiger partial charge in [0.25, 0.3) is 0 Å². The van der Waals surface area contributed by atoms with Gasteiger partial charge in [0.1, 0.15) is 5.82 Å². The molecule has 0 saturated heterocycles. The number of para-hydroxylation sites is 1. The molecule has 5 heteroatoms. The first-order valence-corrected chi connectivity index (χ1v) is 7.41. The van der Waals surface area contributed by atoms with Gasteiger partial charge < -0.3 is 14.8 Å². The summed E-state index contributed by atoms with van der Waals surface area (Å²) in [6.07, 6.45) is 2.36. The van der Waals surface area contributed by atoms with E-state index >= 15 is 0 Å². The summed E-state index contributed by atoms with van der Waals surface area (Å²) in [5, 5.41) is 19.1. The van der Waals surface area contributed by atoms with E-state index in [0.717, 1.165) is 24.2 Å². The van der Waals surface area contributed by atoms with Crippen molar-refractivity contribution in [3.05, 3.63) is 29.6 Å². The third-order valence-electron chi connectivity index (χ3n) is 4.03. The molecule has 1 aromatic carbocycles. The van der Waals surface area contributed by atoms with E-state index in [-0.39, 0.29) is 11.6 Å². The summed E-state index contributed by atoms with van der Waals surface area (Å²) >= 11 is 0. The number of aliphatic hydroxyl groups is 1. The molecule has 0 amide bonds. The van der Waals surface area contributed by atoms with Crippen molar-refractivity contribution in [2.45, 2.75) is 51.2 Å². The maximum absolute atomic E-state index is 11.5. The number of aromatic carboxylic acids is 1. The average molecular weight is 288 g/mol. The zero-order valence-electron chi connectivity index (χ0n) is 12.3. The topological polar surface area (TPSA) is 75.3 Å². The Hall–Kier alpha value is -1.88. The second-order valence-corrected chi connectivity index (χ2v) is 6.03. The van der Waals surface area contributed by atoms with Crippen molar-refractivity contribution in [2.24, 2.45) is 0 Å². The Labute approximate surface area is 123 Å². The molecule has 1 aliphatic rings. The molecular formula is C16H20N2O3. The predicted molar refractivity (Wildman–Crippen MR) is 79.7 cm³/mol. The van der Waals surface area contributed by atoms with Gasteiger partial charge in [-0.15, -0.1) is 0 Å². The molecule has 1 aromatic heterocycles. The van der Waals surface area contributed by atoms with Crippen LogP contribution in [-0.4, -0.2) is 31.8 Å². The molecule has 21 heavy (non-hydrogen) atoms. The molecule has 0 spiro atoms. The molecule has 0 radical (unpaired) electrons. The van der Waals surface area contributed by atoms with Crippen molar-refractivity contribution in [1.82, 2.24) is 9.55 Å². The Balaban J connectivity index is 2.22. The van der Waals surface area contributed by atoms with Crippen molar-refractivity contribution >= 4 is 17.0 Å². The number of hydrogen-bond acceptors (Lipinski definition) is 3. The van der Waals surface area contributed by atoms with Gasteiger partial charge in [-0.1, -0.05) is 6.07 Å². The smallest absolute Gasteiger partial charge is 0.337 e. The molecule has 0 bridgehead atoms. The third-order valence-corrected chi connectivity index (χ3v) is 4.03. The van der Waals surface area contributed by atoms with Crippen LogP contribution in [0.4, 0.5) is 0 Å². The zero-order valence-corrected chi connectivity index (χ0v) is 12.3. The molecule has 2 unspecified atom stereocenters. The van der Waals surface area contributed by atoms with Gasteiger partial charge in [0.2, 0.25) is 0 Å². The average Bonchev–Trinajstić information content (AvgIpc) is 3.17. The fourth-order valence-corrected chi connectivity index (χ4v) is 3.01. The van der Waals surface area contributed by atoms with E-state index in [4.69, 9.17) is 0 Å². The van der Waals surface area contributed by atoms with Crippen LogP contribution < -0.4 is 0 Å². The largest absolute Gasteiger partial charge is 0.478 e. The number of carbonyl (C=O) groups is 1. The molecule has 1 fully saturated rings. The van der Waals surface area contributed by atoms with Crippen LogP contribution in [0.2, 0.25) is 0 Å². The zero-order chi connectivity index (χ0) is 15.1. The van der Waals surface area contributed by atoms with Crippen LogP contribution in [0, 0.1) is 0 Å². The van der Waals surface area contributed by atoms with Gasteiger partial charge in [0.05, 0.1) is 22.7 Å². The number of fused-ring (bicyclic) bond motifs is 1.